The Morgan fingerprint density at radius 1 is 1.35 bits per heavy atom. The van der Waals surface area contributed by atoms with Gasteiger partial charge >= 0.3 is 0 Å². The third kappa shape index (κ3) is 3.24. The van der Waals surface area contributed by atoms with Crippen LogP contribution in [0.25, 0.3) is 0 Å². The van der Waals surface area contributed by atoms with Gasteiger partial charge in [-0.3, -0.25) is 15.2 Å². The Kier molecular flexibility index (Phi) is 4.39. The van der Waals surface area contributed by atoms with Crippen molar-refractivity contribution < 1.29 is 13.2 Å². The van der Waals surface area contributed by atoms with E-state index in [0.29, 0.717) is 6.54 Å². The predicted octanol–water partition coefficient (Wildman–Crippen LogP) is -0.0533. The fraction of sp³-hybridized carbons (Fsp3) is 0.600. The smallest absolute Gasteiger partial charge is 0.237 e. The van der Waals surface area contributed by atoms with Crippen LogP contribution in [-0.4, -0.2) is 38.2 Å². The number of hydrogen-bond donors (Lipinski definition) is 3. The van der Waals surface area contributed by atoms with Crippen molar-refractivity contribution in [2.45, 2.75) is 36.1 Å². The maximum Gasteiger partial charge on any atom is 0.237 e. The summed E-state index contributed by atoms with van der Waals surface area (Å²) in [5.41, 5.74) is 12.4. The lowest BCUT2D eigenvalue weighted by Crippen LogP contribution is -2.62. The molecule has 0 bridgehead atoms. The summed E-state index contributed by atoms with van der Waals surface area (Å²) in [5.74, 6) is 0.370. The molecular weight excluding hydrogens is 316 g/mol. The van der Waals surface area contributed by atoms with Gasteiger partial charge in [-0.2, -0.15) is 0 Å². The molecule has 1 aromatic heterocycles. The van der Waals surface area contributed by atoms with E-state index in [4.69, 9.17) is 5.73 Å². The normalized spacial score (nSPS) is 31.3. The maximum absolute atomic E-state index is 12.0. The summed E-state index contributed by atoms with van der Waals surface area (Å²) in [5, 5.41) is 0. The molecule has 1 saturated heterocycles. The molecule has 0 aromatic carbocycles. The monoisotopic (exact) mass is 338 g/mol. The molecule has 1 aliphatic carbocycles. The number of carbonyl (C=O) groups excluding carboxylic acids is 1. The minimum atomic E-state index is -3.27. The van der Waals surface area contributed by atoms with E-state index >= 15 is 0 Å². The second kappa shape index (κ2) is 6.18. The molecule has 8 heteroatoms. The average Bonchev–Trinajstić information content (AvgIpc) is 2.54. The van der Waals surface area contributed by atoms with Crippen LogP contribution in [0.15, 0.2) is 23.4 Å². The van der Waals surface area contributed by atoms with Crippen LogP contribution in [0.4, 0.5) is 0 Å². The van der Waals surface area contributed by atoms with Crippen molar-refractivity contribution in [3.63, 3.8) is 0 Å². The Bertz CT molecular complexity index is 706. The molecule has 4 atom stereocenters. The molecule has 126 valence electrons. The minimum Gasteiger partial charge on any atom is -0.329 e. The van der Waals surface area contributed by atoms with Crippen LogP contribution in [0.1, 0.15) is 30.7 Å². The summed E-state index contributed by atoms with van der Waals surface area (Å²) in [6, 6.07) is 1.76. The number of hydrazine groups is 1. The summed E-state index contributed by atoms with van der Waals surface area (Å²) in [4.78, 5) is 16.3. The Labute approximate surface area is 135 Å². The minimum absolute atomic E-state index is 0.0212. The summed E-state index contributed by atoms with van der Waals surface area (Å²) in [6.07, 6.45) is 6.73. The van der Waals surface area contributed by atoms with Gasteiger partial charge in [0.2, 0.25) is 5.91 Å². The number of fused-ring (bicyclic) bond motifs is 1. The van der Waals surface area contributed by atoms with E-state index in [-0.39, 0.29) is 34.6 Å². The number of nitrogens with two attached hydrogens (primary N) is 1. The number of rotatable bonds is 3. The topological polar surface area (TPSA) is 114 Å². The number of nitrogens with zero attached hydrogens (tertiary/aromatic N) is 1. The highest BCUT2D eigenvalue weighted by atomic mass is 32.2. The maximum atomic E-state index is 12.0. The van der Waals surface area contributed by atoms with Crippen LogP contribution in [0.5, 0.6) is 0 Å². The Morgan fingerprint density at radius 3 is 2.83 bits per heavy atom. The molecule has 1 aliphatic heterocycles. The Hall–Kier alpha value is -1.51. The average molecular weight is 338 g/mol. The fourth-order valence-corrected chi connectivity index (χ4v) is 4.34. The van der Waals surface area contributed by atoms with E-state index < -0.39 is 9.84 Å². The van der Waals surface area contributed by atoms with Gasteiger partial charge in [0.25, 0.3) is 0 Å². The van der Waals surface area contributed by atoms with Crippen LogP contribution in [0, 0.1) is 11.8 Å². The first kappa shape index (κ1) is 16.4. The van der Waals surface area contributed by atoms with Gasteiger partial charge in [-0.05, 0) is 42.7 Å². The van der Waals surface area contributed by atoms with Crippen LogP contribution < -0.4 is 16.6 Å². The highest BCUT2D eigenvalue weighted by Crippen LogP contribution is 2.42. The van der Waals surface area contributed by atoms with Gasteiger partial charge in [0.1, 0.15) is 0 Å². The summed E-state index contributed by atoms with van der Waals surface area (Å²) in [7, 11) is -3.27. The van der Waals surface area contributed by atoms with Crippen molar-refractivity contribution in [2.75, 3.05) is 12.8 Å². The van der Waals surface area contributed by atoms with Crippen molar-refractivity contribution in [3.05, 3.63) is 24.0 Å². The molecule has 0 radical (unpaired) electrons. The van der Waals surface area contributed by atoms with E-state index in [2.05, 4.69) is 15.8 Å². The lowest BCUT2D eigenvalue weighted by molar-refractivity contribution is -0.133. The van der Waals surface area contributed by atoms with E-state index in [9.17, 15) is 13.2 Å². The first-order chi connectivity index (χ1) is 10.9. The van der Waals surface area contributed by atoms with Crippen LogP contribution >= 0.6 is 0 Å². The second-order valence-electron chi connectivity index (χ2n) is 6.48. The van der Waals surface area contributed by atoms with Crippen molar-refractivity contribution in [1.29, 1.82) is 0 Å². The van der Waals surface area contributed by atoms with Gasteiger partial charge in [0.05, 0.1) is 4.90 Å². The van der Waals surface area contributed by atoms with Gasteiger partial charge in [-0.1, -0.05) is 0 Å². The lowest BCUT2D eigenvalue weighted by Gasteiger charge is -2.43. The van der Waals surface area contributed by atoms with E-state index in [1.165, 1.54) is 12.5 Å². The molecule has 2 aliphatic rings. The number of carbonyl (C=O) groups is 1. The molecule has 2 heterocycles. The molecular formula is C15H22N4O3S. The quantitative estimate of drug-likeness (QED) is 0.712. The van der Waals surface area contributed by atoms with Gasteiger partial charge in [-0.15, -0.1) is 0 Å². The van der Waals surface area contributed by atoms with Crippen LogP contribution in [0.3, 0.4) is 0 Å². The van der Waals surface area contributed by atoms with Crippen molar-refractivity contribution in [2.24, 2.45) is 17.6 Å². The summed E-state index contributed by atoms with van der Waals surface area (Å²) in [6.45, 7) is 0.454. The molecule has 7 nitrogen and oxygen atoms in total. The zero-order chi connectivity index (χ0) is 16.6. The summed E-state index contributed by atoms with van der Waals surface area (Å²) < 4.78 is 23.4. The first-order valence-electron chi connectivity index (χ1n) is 7.80. The fourth-order valence-electron chi connectivity index (χ4n) is 3.74. The number of hydrogen-bond acceptors (Lipinski definition) is 6. The van der Waals surface area contributed by atoms with E-state index in [0.717, 1.165) is 24.8 Å². The SMILES string of the molecule is CS(=O)(=O)c1cncc(C2CCC3C(=O)NNC(CN)C3C2)c1. The molecule has 3 rings (SSSR count). The van der Waals surface area contributed by atoms with Gasteiger partial charge < -0.3 is 5.73 Å². The first-order valence-corrected chi connectivity index (χ1v) is 9.69. The number of amides is 1. The van der Waals surface area contributed by atoms with Gasteiger partial charge in [-0.25, -0.2) is 13.8 Å². The number of sulfone groups is 1. The summed E-state index contributed by atoms with van der Waals surface area (Å²) >= 11 is 0. The van der Waals surface area contributed by atoms with Gasteiger partial charge in [0, 0.05) is 37.2 Å². The molecule has 4 unspecified atom stereocenters. The van der Waals surface area contributed by atoms with E-state index in [1.54, 1.807) is 12.3 Å². The van der Waals surface area contributed by atoms with Gasteiger partial charge in [0.15, 0.2) is 9.84 Å². The van der Waals surface area contributed by atoms with Crippen LogP contribution in [-0.2, 0) is 14.6 Å². The molecule has 1 aromatic rings. The standard InChI is InChI=1S/C15H22N4O3S/c1-23(21,22)11-4-10(7-17-8-11)9-2-3-12-13(5-9)14(6-16)18-19-15(12)20/h4,7-9,12-14,18H,2-3,5-6,16H2,1H3,(H,19,20). The largest absolute Gasteiger partial charge is 0.329 e. The van der Waals surface area contributed by atoms with E-state index in [1.807, 2.05) is 0 Å². The molecule has 0 spiro atoms. The molecule has 1 amide bonds. The molecule has 4 N–H and O–H groups in total. The zero-order valence-corrected chi connectivity index (χ0v) is 13.8. The second-order valence-corrected chi connectivity index (χ2v) is 8.50. The molecule has 23 heavy (non-hydrogen) atoms. The van der Waals surface area contributed by atoms with Crippen molar-refractivity contribution in [1.82, 2.24) is 15.8 Å². The lowest BCUT2D eigenvalue weighted by atomic mass is 9.68. The Balaban J connectivity index is 1.84. The molecule has 2 fully saturated rings. The number of pyridine rings is 1. The predicted molar refractivity (Wildman–Crippen MR) is 85.0 cm³/mol. The number of nitrogens with one attached hydrogen (secondary N) is 2. The number of aromatic nitrogens is 1. The third-order valence-corrected chi connectivity index (χ3v) is 6.10. The highest BCUT2D eigenvalue weighted by Gasteiger charge is 2.42. The Morgan fingerprint density at radius 2 is 2.13 bits per heavy atom. The molecule has 1 saturated carbocycles. The van der Waals surface area contributed by atoms with Crippen molar-refractivity contribution in [3.8, 4) is 0 Å². The van der Waals surface area contributed by atoms with Crippen LogP contribution in [0.2, 0.25) is 0 Å². The van der Waals surface area contributed by atoms with Crippen molar-refractivity contribution >= 4 is 15.7 Å². The zero-order valence-electron chi connectivity index (χ0n) is 13.0. The highest BCUT2D eigenvalue weighted by molar-refractivity contribution is 7.90. The third-order valence-electron chi connectivity index (χ3n) is 5.02.